The molecule has 0 unspecified atom stereocenters. The summed E-state index contributed by atoms with van der Waals surface area (Å²) >= 11 is 1.62. The highest BCUT2D eigenvalue weighted by molar-refractivity contribution is 7.99. The molecule has 0 atom stereocenters. The Morgan fingerprint density at radius 1 is 1.33 bits per heavy atom. The molecule has 6 nitrogen and oxygen atoms in total. The zero-order valence-electron chi connectivity index (χ0n) is 11.8. The fraction of sp³-hybridized carbons (Fsp3) is 0.571. The summed E-state index contributed by atoms with van der Waals surface area (Å²) in [5.41, 5.74) is 0. The van der Waals surface area contributed by atoms with Crippen molar-refractivity contribution in [2.75, 3.05) is 31.1 Å². The molecular formula is C14H20N2O4S. The van der Waals surface area contributed by atoms with Gasteiger partial charge in [0.25, 0.3) is 0 Å². The number of furan rings is 1. The van der Waals surface area contributed by atoms with Gasteiger partial charge in [-0.3, -0.25) is 4.79 Å². The van der Waals surface area contributed by atoms with E-state index in [1.807, 2.05) is 0 Å². The second-order valence-corrected chi connectivity index (χ2v) is 6.05. The lowest BCUT2D eigenvalue weighted by Crippen LogP contribution is -2.26. The molecule has 1 saturated heterocycles. The van der Waals surface area contributed by atoms with E-state index in [2.05, 4.69) is 10.2 Å². The lowest BCUT2D eigenvalue weighted by atomic mass is 10.4. The van der Waals surface area contributed by atoms with Crippen molar-refractivity contribution >= 4 is 23.6 Å². The molecule has 2 rings (SSSR count). The maximum absolute atomic E-state index is 11.6. The van der Waals surface area contributed by atoms with E-state index in [0.29, 0.717) is 11.5 Å². The number of amides is 1. The van der Waals surface area contributed by atoms with Crippen molar-refractivity contribution in [3.8, 4) is 0 Å². The van der Waals surface area contributed by atoms with E-state index in [1.165, 1.54) is 32.0 Å². The number of thioether (sulfide) groups is 1. The second-order valence-electron chi connectivity index (χ2n) is 4.95. The Balaban J connectivity index is 1.57. The van der Waals surface area contributed by atoms with Crippen molar-refractivity contribution in [3.05, 3.63) is 23.7 Å². The summed E-state index contributed by atoms with van der Waals surface area (Å²) in [5, 5.41) is 11.4. The maximum Gasteiger partial charge on any atom is 0.371 e. The highest BCUT2D eigenvalue weighted by Crippen LogP contribution is 2.10. The van der Waals surface area contributed by atoms with Gasteiger partial charge in [-0.1, -0.05) is 0 Å². The van der Waals surface area contributed by atoms with Gasteiger partial charge in [0.05, 0.1) is 12.3 Å². The second kappa shape index (κ2) is 8.09. The number of hydrogen-bond acceptors (Lipinski definition) is 5. The highest BCUT2D eigenvalue weighted by Gasteiger charge is 2.12. The van der Waals surface area contributed by atoms with Crippen molar-refractivity contribution in [2.24, 2.45) is 0 Å². The first-order valence-electron chi connectivity index (χ1n) is 7.04. The third kappa shape index (κ3) is 5.43. The van der Waals surface area contributed by atoms with Crippen molar-refractivity contribution < 1.29 is 19.1 Å². The number of likely N-dealkylation sites (tertiary alicyclic amines) is 1. The van der Waals surface area contributed by atoms with Crippen LogP contribution < -0.4 is 5.32 Å². The Morgan fingerprint density at radius 3 is 2.76 bits per heavy atom. The number of nitrogens with zero attached hydrogens (tertiary/aromatic N) is 1. The van der Waals surface area contributed by atoms with Crippen molar-refractivity contribution in [1.82, 2.24) is 10.2 Å². The van der Waals surface area contributed by atoms with Gasteiger partial charge in [-0.25, -0.2) is 4.79 Å². The van der Waals surface area contributed by atoms with Crippen LogP contribution in [0.5, 0.6) is 0 Å². The summed E-state index contributed by atoms with van der Waals surface area (Å²) in [5.74, 6) is 0.541. The lowest BCUT2D eigenvalue weighted by Gasteiger charge is -2.13. The standard InChI is InChI=1S/C14H20N2O4S/c17-13(10-21-8-7-16-5-1-2-6-16)15-9-11-3-4-12(20-11)14(18)19/h3-4H,1-2,5-10H2,(H,15,17)(H,18,19). The zero-order valence-corrected chi connectivity index (χ0v) is 12.7. The van der Waals surface area contributed by atoms with Crippen LogP contribution in [0.25, 0.3) is 0 Å². The molecule has 1 aromatic heterocycles. The van der Waals surface area contributed by atoms with Gasteiger partial charge in [-0.2, -0.15) is 11.8 Å². The molecule has 0 bridgehead atoms. The van der Waals surface area contributed by atoms with Gasteiger partial charge in [0.15, 0.2) is 0 Å². The van der Waals surface area contributed by atoms with Gasteiger partial charge in [0.1, 0.15) is 5.76 Å². The minimum absolute atomic E-state index is 0.0605. The zero-order chi connectivity index (χ0) is 15.1. The molecule has 116 valence electrons. The summed E-state index contributed by atoms with van der Waals surface area (Å²) in [6.07, 6.45) is 2.57. The molecule has 21 heavy (non-hydrogen) atoms. The van der Waals surface area contributed by atoms with Crippen LogP contribution in [0.15, 0.2) is 16.5 Å². The third-order valence-corrected chi connectivity index (χ3v) is 4.25. The van der Waals surface area contributed by atoms with Gasteiger partial charge in [-0.05, 0) is 38.1 Å². The lowest BCUT2D eigenvalue weighted by molar-refractivity contribution is -0.118. The van der Waals surface area contributed by atoms with Crippen LogP contribution >= 0.6 is 11.8 Å². The maximum atomic E-state index is 11.6. The van der Waals surface area contributed by atoms with E-state index < -0.39 is 5.97 Å². The molecule has 7 heteroatoms. The molecule has 0 aromatic carbocycles. The Kier molecular flexibility index (Phi) is 6.13. The number of aromatic carboxylic acids is 1. The third-order valence-electron chi connectivity index (χ3n) is 3.32. The summed E-state index contributed by atoms with van der Waals surface area (Å²) in [6.45, 7) is 3.62. The number of carboxylic acid groups (broad SMARTS) is 1. The van der Waals surface area contributed by atoms with Crippen LogP contribution in [0.2, 0.25) is 0 Å². The molecule has 0 aliphatic carbocycles. The molecular weight excluding hydrogens is 292 g/mol. The number of carbonyl (C=O) groups excluding carboxylic acids is 1. The molecule has 1 amide bonds. The summed E-state index contributed by atoms with van der Waals surface area (Å²) in [7, 11) is 0. The predicted octanol–water partition coefficient (Wildman–Crippen LogP) is 1.42. The molecule has 1 aliphatic rings. The predicted molar refractivity (Wildman–Crippen MR) is 80.5 cm³/mol. The van der Waals surface area contributed by atoms with E-state index in [9.17, 15) is 9.59 Å². The molecule has 0 saturated carbocycles. The highest BCUT2D eigenvalue weighted by atomic mass is 32.2. The van der Waals surface area contributed by atoms with Crippen molar-refractivity contribution in [2.45, 2.75) is 19.4 Å². The Hall–Kier alpha value is -1.47. The first-order valence-corrected chi connectivity index (χ1v) is 8.19. The van der Waals surface area contributed by atoms with Gasteiger partial charge >= 0.3 is 5.97 Å². The van der Waals surface area contributed by atoms with Crippen LogP contribution in [0.1, 0.15) is 29.2 Å². The molecule has 0 spiro atoms. The van der Waals surface area contributed by atoms with Crippen LogP contribution in [0, 0.1) is 0 Å². The number of nitrogens with one attached hydrogen (secondary N) is 1. The van der Waals surface area contributed by atoms with E-state index in [0.717, 1.165) is 12.3 Å². The molecule has 1 aromatic rings. The van der Waals surface area contributed by atoms with Crippen LogP contribution in [-0.2, 0) is 11.3 Å². The largest absolute Gasteiger partial charge is 0.475 e. The number of hydrogen-bond donors (Lipinski definition) is 2. The molecule has 2 heterocycles. The average Bonchev–Trinajstić information content (AvgIpc) is 3.12. The Labute approximate surface area is 127 Å². The molecule has 0 radical (unpaired) electrons. The molecule has 2 N–H and O–H groups in total. The Morgan fingerprint density at radius 2 is 2.10 bits per heavy atom. The van der Waals surface area contributed by atoms with Gasteiger partial charge in [0.2, 0.25) is 11.7 Å². The van der Waals surface area contributed by atoms with Crippen LogP contribution in [0.4, 0.5) is 0 Å². The normalized spacial score (nSPS) is 15.2. The van der Waals surface area contributed by atoms with Gasteiger partial charge in [0, 0.05) is 12.3 Å². The summed E-state index contributed by atoms with van der Waals surface area (Å²) < 4.78 is 5.06. The van der Waals surface area contributed by atoms with Crippen LogP contribution in [-0.4, -0.2) is 53.0 Å². The quantitative estimate of drug-likeness (QED) is 0.707. The van der Waals surface area contributed by atoms with Gasteiger partial charge in [-0.15, -0.1) is 0 Å². The van der Waals surface area contributed by atoms with Crippen LogP contribution in [0.3, 0.4) is 0 Å². The fourth-order valence-corrected chi connectivity index (χ4v) is 3.01. The van der Waals surface area contributed by atoms with E-state index in [4.69, 9.17) is 9.52 Å². The minimum atomic E-state index is -1.11. The fourth-order valence-electron chi connectivity index (χ4n) is 2.19. The average molecular weight is 312 g/mol. The van der Waals surface area contributed by atoms with E-state index >= 15 is 0 Å². The van der Waals surface area contributed by atoms with Gasteiger partial charge < -0.3 is 19.7 Å². The Bertz CT molecular complexity index is 483. The number of rotatable bonds is 8. The smallest absolute Gasteiger partial charge is 0.371 e. The summed E-state index contributed by atoms with van der Waals surface area (Å²) in [4.78, 5) is 24.7. The minimum Gasteiger partial charge on any atom is -0.475 e. The summed E-state index contributed by atoms with van der Waals surface area (Å²) in [6, 6.07) is 2.94. The van der Waals surface area contributed by atoms with E-state index in [-0.39, 0.29) is 18.2 Å². The number of carbonyl (C=O) groups is 2. The first-order chi connectivity index (χ1) is 10.1. The topological polar surface area (TPSA) is 82.8 Å². The molecule has 1 aliphatic heterocycles. The SMILES string of the molecule is O=C(CSCCN1CCCC1)NCc1ccc(C(=O)O)o1. The number of carboxylic acids is 1. The first kappa shape index (κ1) is 15.9. The molecule has 1 fully saturated rings. The van der Waals surface area contributed by atoms with Crippen molar-refractivity contribution in [1.29, 1.82) is 0 Å². The van der Waals surface area contributed by atoms with Crippen molar-refractivity contribution in [3.63, 3.8) is 0 Å². The monoisotopic (exact) mass is 312 g/mol. The van der Waals surface area contributed by atoms with E-state index in [1.54, 1.807) is 17.8 Å².